The van der Waals surface area contributed by atoms with Gasteiger partial charge in [-0.3, -0.25) is 4.79 Å². The van der Waals surface area contributed by atoms with Crippen LogP contribution in [0, 0.1) is 5.92 Å². The molecule has 106 valence electrons. The molecular formula is C14H20Cl2N2O. The molecule has 1 rings (SSSR count). The van der Waals surface area contributed by atoms with Crippen LogP contribution in [0.15, 0.2) is 18.2 Å². The van der Waals surface area contributed by atoms with Crippen LogP contribution in [0.4, 0.5) is 0 Å². The van der Waals surface area contributed by atoms with E-state index in [9.17, 15) is 4.79 Å². The molecule has 0 amide bonds. The number of nitrogens with zero attached hydrogens (tertiary/aromatic N) is 2. The fraction of sp³-hybridized carbons (Fsp3) is 0.500. The van der Waals surface area contributed by atoms with Crippen LogP contribution in [0.3, 0.4) is 0 Å². The van der Waals surface area contributed by atoms with Crippen molar-refractivity contribution in [3.05, 3.63) is 33.8 Å². The third-order valence-corrected chi connectivity index (χ3v) is 3.49. The van der Waals surface area contributed by atoms with Crippen LogP contribution < -0.4 is 0 Å². The Morgan fingerprint density at radius 2 is 1.58 bits per heavy atom. The molecule has 0 unspecified atom stereocenters. The summed E-state index contributed by atoms with van der Waals surface area (Å²) < 4.78 is 0. The molecule has 0 saturated carbocycles. The summed E-state index contributed by atoms with van der Waals surface area (Å²) in [5.74, 6) is 0.0169. The topological polar surface area (TPSA) is 23.6 Å². The van der Waals surface area contributed by atoms with E-state index in [0.29, 0.717) is 28.7 Å². The lowest BCUT2D eigenvalue weighted by molar-refractivity contribution is 0.0871. The normalized spacial score (nSPS) is 11.6. The fourth-order valence-corrected chi connectivity index (χ4v) is 2.29. The van der Waals surface area contributed by atoms with Crippen molar-refractivity contribution in [2.24, 2.45) is 5.92 Å². The second kappa shape index (κ2) is 7.25. The summed E-state index contributed by atoms with van der Waals surface area (Å²) in [6, 6.07) is 5.04. The van der Waals surface area contributed by atoms with E-state index >= 15 is 0 Å². The minimum absolute atomic E-state index is 0.0813. The lowest BCUT2D eigenvalue weighted by atomic mass is 9.96. The van der Waals surface area contributed by atoms with Gasteiger partial charge < -0.3 is 9.80 Å². The van der Waals surface area contributed by atoms with Gasteiger partial charge in [0.1, 0.15) is 0 Å². The van der Waals surface area contributed by atoms with E-state index in [4.69, 9.17) is 23.2 Å². The fourth-order valence-electron chi connectivity index (χ4n) is 1.99. The molecule has 0 aliphatic heterocycles. The van der Waals surface area contributed by atoms with Gasteiger partial charge in [-0.05, 0) is 46.4 Å². The predicted octanol–water partition coefficient (Wildman–Crippen LogP) is 2.92. The van der Waals surface area contributed by atoms with Crippen LogP contribution in [-0.4, -0.2) is 56.9 Å². The molecule has 0 atom stereocenters. The molecule has 1 aromatic rings. The maximum atomic E-state index is 12.5. The summed E-state index contributed by atoms with van der Waals surface area (Å²) in [6.07, 6.45) is 0. The number of halogens is 2. The summed E-state index contributed by atoms with van der Waals surface area (Å²) in [5.41, 5.74) is 0.614. The first-order chi connectivity index (χ1) is 8.81. The summed E-state index contributed by atoms with van der Waals surface area (Å²) in [4.78, 5) is 16.6. The Bertz CT molecular complexity index is 437. The number of ketones is 1. The van der Waals surface area contributed by atoms with Crippen LogP contribution in [0.5, 0.6) is 0 Å². The van der Waals surface area contributed by atoms with E-state index in [1.54, 1.807) is 18.2 Å². The summed E-state index contributed by atoms with van der Waals surface area (Å²) in [7, 11) is 7.85. The first kappa shape index (κ1) is 16.4. The van der Waals surface area contributed by atoms with Gasteiger partial charge in [0.25, 0.3) is 0 Å². The number of Topliss-reactive ketones (excluding diaryl/α,β-unsaturated/α-hetero) is 1. The highest BCUT2D eigenvalue weighted by atomic mass is 35.5. The molecule has 3 nitrogen and oxygen atoms in total. The van der Waals surface area contributed by atoms with Crippen LogP contribution in [-0.2, 0) is 0 Å². The van der Waals surface area contributed by atoms with Crippen molar-refractivity contribution in [2.75, 3.05) is 41.3 Å². The second-order valence-electron chi connectivity index (χ2n) is 5.21. The second-order valence-corrected chi connectivity index (χ2v) is 6.03. The largest absolute Gasteiger partial charge is 0.309 e. The molecule has 1 aromatic carbocycles. The van der Waals surface area contributed by atoms with E-state index in [1.807, 2.05) is 38.0 Å². The molecule has 19 heavy (non-hydrogen) atoms. The zero-order valence-electron chi connectivity index (χ0n) is 11.8. The van der Waals surface area contributed by atoms with E-state index < -0.39 is 0 Å². The van der Waals surface area contributed by atoms with Gasteiger partial charge in [0.2, 0.25) is 0 Å². The number of carbonyl (C=O) groups is 1. The maximum Gasteiger partial charge on any atom is 0.168 e. The quantitative estimate of drug-likeness (QED) is 0.755. The molecule has 0 heterocycles. The molecule has 0 fully saturated rings. The number of benzene rings is 1. The zero-order valence-corrected chi connectivity index (χ0v) is 13.3. The number of hydrogen-bond donors (Lipinski definition) is 0. The predicted molar refractivity (Wildman–Crippen MR) is 81.4 cm³/mol. The van der Waals surface area contributed by atoms with Crippen LogP contribution >= 0.6 is 23.2 Å². The van der Waals surface area contributed by atoms with Gasteiger partial charge >= 0.3 is 0 Å². The van der Waals surface area contributed by atoms with E-state index in [1.165, 1.54) is 0 Å². The molecule has 0 aromatic heterocycles. The van der Waals surface area contributed by atoms with Crippen molar-refractivity contribution < 1.29 is 4.79 Å². The summed E-state index contributed by atoms with van der Waals surface area (Å²) in [5, 5.41) is 0.885. The van der Waals surface area contributed by atoms with Crippen molar-refractivity contribution in [1.29, 1.82) is 0 Å². The van der Waals surface area contributed by atoms with E-state index in [-0.39, 0.29) is 11.7 Å². The standard InChI is InChI=1S/C14H20Cl2N2O/c1-17(2)8-11(9-18(3)4)14(19)10-5-6-12(15)13(16)7-10/h5-7,11H,8-9H2,1-4H3. The Hall–Kier alpha value is -0.610. The molecule has 0 radical (unpaired) electrons. The first-order valence-electron chi connectivity index (χ1n) is 6.10. The highest BCUT2D eigenvalue weighted by Gasteiger charge is 2.22. The Morgan fingerprint density at radius 1 is 1.05 bits per heavy atom. The van der Waals surface area contributed by atoms with Gasteiger partial charge in [-0.15, -0.1) is 0 Å². The first-order valence-corrected chi connectivity index (χ1v) is 6.85. The Balaban J connectivity index is 2.94. The SMILES string of the molecule is CN(C)CC(CN(C)C)C(=O)c1ccc(Cl)c(Cl)c1. The lowest BCUT2D eigenvalue weighted by Crippen LogP contribution is -2.35. The van der Waals surface area contributed by atoms with Crippen LogP contribution in [0.25, 0.3) is 0 Å². The van der Waals surface area contributed by atoms with Gasteiger partial charge in [-0.25, -0.2) is 0 Å². The minimum atomic E-state index is -0.0813. The minimum Gasteiger partial charge on any atom is -0.309 e. The third-order valence-electron chi connectivity index (χ3n) is 2.75. The average Bonchev–Trinajstić information content (AvgIpc) is 2.29. The highest BCUT2D eigenvalue weighted by molar-refractivity contribution is 6.42. The summed E-state index contributed by atoms with van der Waals surface area (Å²) >= 11 is 11.8. The van der Waals surface area contributed by atoms with Gasteiger partial charge in [-0.2, -0.15) is 0 Å². The van der Waals surface area contributed by atoms with Crippen LogP contribution in [0.1, 0.15) is 10.4 Å². The number of carbonyl (C=O) groups excluding carboxylic acids is 1. The number of rotatable bonds is 6. The molecule has 0 bridgehead atoms. The van der Waals surface area contributed by atoms with Crippen LogP contribution in [0.2, 0.25) is 10.0 Å². The molecule has 0 aliphatic carbocycles. The van der Waals surface area contributed by atoms with Crippen molar-refractivity contribution in [1.82, 2.24) is 9.80 Å². The molecule has 5 heteroatoms. The monoisotopic (exact) mass is 302 g/mol. The molecule has 0 aliphatic rings. The molecule has 0 N–H and O–H groups in total. The molecule has 0 spiro atoms. The summed E-state index contributed by atoms with van der Waals surface area (Å²) in [6.45, 7) is 1.41. The van der Waals surface area contributed by atoms with Gasteiger partial charge in [0, 0.05) is 24.6 Å². The van der Waals surface area contributed by atoms with Crippen molar-refractivity contribution in [3.63, 3.8) is 0 Å². The maximum absolute atomic E-state index is 12.5. The highest BCUT2D eigenvalue weighted by Crippen LogP contribution is 2.24. The van der Waals surface area contributed by atoms with E-state index in [2.05, 4.69) is 0 Å². The van der Waals surface area contributed by atoms with E-state index in [0.717, 1.165) is 0 Å². The molecule has 0 saturated heterocycles. The smallest absolute Gasteiger partial charge is 0.168 e. The van der Waals surface area contributed by atoms with Crippen molar-refractivity contribution in [2.45, 2.75) is 0 Å². The Labute approximate surface area is 125 Å². The van der Waals surface area contributed by atoms with Gasteiger partial charge in [0.15, 0.2) is 5.78 Å². The lowest BCUT2D eigenvalue weighted by Gasteiger charge is -2.23. The molecular weight excluding hydrogens is 283 g/mol. The number of hydrogen-bond acceptors (Lipinski definition) is 3. The zero-order chi connectivity index (χ0) is 14.6. The van der Waals surface area contributed by atoms with Gasteiger partial charge in [-0.1, -0.05) is 23.2 Å². The Morgan fingerprint density at radius 3 is 2.00 bits per heavy atom. The van der Waals surface area contributed by atoms with Gasteiger partial charge in [0.05, 0.1) is 10.0 Å². The third kappa shape index (κ3) is 5.11. The Kier molecular flexibility index (Phi) is 6.27. The van der Waals surface area contributed by atoms with Crippen molar-refractivity contribution >= 4 is 29.0 Å². The van der Waals surface area contributed by atoms with Crippen molar-refractivity contribution in [3.8, 4) is 0 Å². The average molecular weight is 303 g/mol.